The molecule has 1 amide bonds. The van der Waals surface area contributed by atoms with Crippen LogP contribution in [0, 0.1) is 5.41 Å². The molecule has 1 saturated carbocycles. The van der Waals surface area contributed by atoms with Gasteiger partial charge in [0.1, 0.15) is 6.04 Å². The van der Waals surface area contributed by atoms with Crippen molar-refractivity contribution >= 4 is 5.91 Å². The molecular weight excluding hydrogens is 152 g/mol. The Morgan fingerprint density at radius 2 is 2.33 bits per heavy atom. The van der Waals surface area contributed by atoms with Gasteiger partial charge in [0.25, 0.3) is 0 Å². The van der Waals surface area contributed by atoms with Crippen molar-refractivity contribution in [2.75, 3.05) is 13.1 Å². The van der Waals surface area contributed by atoms with Gasteiger partial charge in [-0.25, -0.2) is 0 Å². The van der Waals surface area contributed by atoms with E-state index >= 15 is 0 Å². The summed E-state index contributed by atoms with van der Waals surface area (Å²) in [6.07, 6.45) is 3.79. The molecular formula is C9H16N2O. The fourth-order valence-corrected chi connectivity index (χ4v) is 1.88. The highest BCUT2D eigenvalue weighted by Crippen LogP contribution is 2.49. The van der Waals surface area contributed by atoms with Crippen LogP contribution in [0.3, 0.4) is 0 Å². The van der Waals surface area contributed by atoms with Crippen molar-refractivity contribution in [2.24, 2.45) is 11.1 Å². The van der Waals surface area contributed by atoms with Crippen molar-refractivity contribution in [1.29, 1.82) is 0 Å². The first-order valence-corrected chi connectivity index (χ1v) is 4.71. The minimum atomic E-state index is -0.197. The van der Waals surface area contributed by atoms with Crippen molar-refractivity contribution in [3.63, 3.8) is 0 Å². The predicted octanol–water partition coefficient (Wildman–Crippen LogP) is 0.346. The second-order valence-electron chi connectivity index (χ2n) is 4.18. The molecule has 0 aromatic carbocycles. The first kappa shape index (κ1) is 8.05. The van der Waals surface area contributed by atoms with Crippen LogP contribution in [0.5, 0.6) is 0 Å². The zero-order valence-corrected chi connectivity index (χ0v) is 7.55. The molecule has 1 aliphatic heterocycles. The molecule has 3 heteroatoms. The van der Waals surface area contributed by atoms with E-state index < -0.39 is 0 Å². The first-order valence-electron chi connectivity index (χ1n) is 4.71. The summed E-state index contributed by atoms with van der Waals surface area (Å²) < 4.78 is 0. The highest BCUT2D eigenvalue weighted by Gasteiger charge is 2.46. The van der Waals surface area contributed by atoms with E-state index in [9.17, 15) is 4.79 Å². The van der Waals surface area contributed by atoms with Crippen molar-refractivity contribution in [2.45, 2.75) is 32.2 Å². The number of β-lactam (4-membered cyclic amide) rings is 1. The largest absolute Gasteiger partial charge is 0.339 e. The molecule has 0 bridgehead atoms. The summed E-state index contributed by atoms with van der Waals surface area (Å²) in [6, 6.07) is -0.197. The zero-order valence-electron chi connectivity index (χ0n) is 7.55. The average Bonchev–Trinajstić information content (AvgIpc) is 2.85. The molecule has 2 rings (SSSR count). The molecule has 3 nitrogen and oxygen atoms in total. The first-order chi connectivity index (χ1) is 5.67. The van der Waals surface area contributed by atoms with E-state index in [-0.39, 0.29) is 11.9 Å². The van der Waals surface area contributed by atoms with Crippen LogP contribution in [0.2, 0.25) is 0 Å². The van der Waals surface area contributed by atoms with Crippen LogP contribution in [0.25, 0.3) is 0 Å². The predicted molar refractivity (Wildman–Crippen MR) is 46.5 cm³/mol. The van der Waals surface area contributed by atoms with Gasteiger partial charge >= 0.3 is 0 Å². The molecule has 0 radical (unpaired) electrons. The minimum Gasteiger partial charge on any atom is -0.339 e. The van der Waals surface area contributed by atoms with Crippen LogP contribution in [0.15, 0.2) is 0 Å². The Morgan fingerprint density at radius 1 is 1.67 bits per heavy atom. The molecule has 12 heavy (non-hydrogen) atoms. The Bertz CT molecular complexity index is 211. The van der Waals surface area contributed by atoms with Gasteiger partial charge in [-0.1, -0.05) is 6.92 Å². The number of nitrogens with two attached hydrogens (primary N) is 1. The summed E-state index contributed by atoms with van der Waals surface area (Å²) in [5, 5.41) is 0. The Morgan fingerprint density at radius 3 is 2.67 bits per heavy atom. The van der Waals surface area contributed by atoms with E-state index in [1.54, 1.807) is 0 Å². The molecule has 2 N–H and O–H groups in total. The van der Waals surface area contributed by atoms with Crippen LogP contribution in [0.1, 0.15) is 26.2 Å². The average molecular weight is 168 g/mol. The van der Waals surface area contributed by atoms with Crippen molar-refractivity contribution in [3.05, 3.63) is 0 Å². The Labute approximate surface area is 72.9 Å². The van der Waals surface area contributed by atoms with Gasteiger partial charge in [0, 0.05) is 13.1 Å². The second-order valence-corrected chi connectivity index (χ2v) is 4.18. The van der Waals surface area contributed by atoms with E-state index in [2.05, 4.69) is 6.92 Å². The molecule has 2 fully saturated rings. The number of nitrogens with zero attached hydrogens (tertiary/aromatic N) is 1. The highest BCUT2D eigenvalue weighted by atomic mass is 16.2. The number of likely N-dealkylation sites (tertiary alicyclic amines) is 1. The lowest BCUT2D eigenvalue weighted by Gasteiger charge is -2.38. The molecule has 1 heterocycles. The summed E-state index contributed by atoms with van der Waals surface area (Å²) in [5.74, 6) is 0.148. The van der Waals surface area contributed by atoms with Gasteiger partial charge in [-0.2, -0.15) is 0 Å². The van der Waals surface area contributed by atoms with Gasteiger partial charge in [-0.3, -0.25) is 4.79 Å². The van der Waals surface area contributed by atoms with Crippen molar-refractivity contribution in [1.82, 2.24) is 4.90 Å². The lowest BCUT2D eigenvalue weighted by atomic mass is 9.99. The molecule has 0 spiro atoms. The zero-order chi connectivity index (χ0) is 8.77. The Kier molecular flexibility index (Phi) is 1.65. The second kappa shape index (κ2) is 2.46. The third-order valence-electron chi connectivity index (χ3n) is 3.28. The fourth-order valence-electron chi connectivity index (χ4n) is 1.88. The quantitative estimate of drug-likeness (QED) is 0.618. The molecule has 1 atom stereocenters. The number of carbonyl (C=O) groups is 1. The van der Waals surface area contributed by atoms with E-state index in [0.717, 1.165) is 13.1 Å². The summed E-state index contributed by atoms with van der Waals surface area (Å²) in [4.78, 5) is 13.1. The topological polar surface area (TPSA) is 46.3 Å². The van der Waals surface area contributed by atoms with Crippen LogP contribution >= 0.6 is 0 Å². The van der Waals surface area contributed by atoms with Crippen LogP contribution < -0.4 is 5.73 Å². The maximum absolute atomic E-state index is 11.2. The summed E-state index contributed by atoms with van der Waals surface area (Å²) in [7, 11) is 0. The lowest BCUT2D eigenvalue weighted by molar-refractivity contribution is -0.143. The molecule has 1 unspecified atom stereocenters. The van der Waals surface area contributed by atoms with Crippen molar-refractivity contribution < 1.29 is 4.79 Å². The monoisotopic (exact) mass is 168 g/mol. The van der Waals surface area contributed by atoms with Gasteiger partial charge in [0.2, 0.25) is 5.91 Å². The standard InChI is InChI=1S/C9H16N2O/c1-2-9(3-4-9)6-11-5-7(10)8(11)12/h7H,2-6,10H2,1H3. The number of hydrogen-bond acceptors (Lipinski definition) is 2. The smallest absolute Gasteiger partial charge is 0.241 e. The summed E-state index contributed by atoms with van der Waals surface area (Å²) in [5.41, 5.74) is 5.98. The molecule has 1 saturated heterocycles. The minimum absolute atomic E-state index is 0.148. The van der Waals surface area contributed by atoms with Gasteiger partial charge in [-0.15, -0.1) is 0 Å². The van der Waals surface area contributed by atoms with Gasteiger partial charge in [0.15, 0.2) is 0 Å². The molecule has 0 aromatic rings. The lowest BCUT2D eigenvalue weighted by Crippen LogP contribution is -2.61. The third-order valence-corrected chi connectivity index (χ3v) is 3.28. The van der Waals surface area contributed by atoms with E-state index in [1.807, 2.05) is 4.90 Å². The number of rotatable bonds is 3. The summed E-state index contributed by atoms with van der Waals surface area (Å²) in [6.45, 7) is 3.94. The normalized spacial score (nSPS) is 31.7. The number of carbonyl (C=O) groups excluding carboxylic acids is 1. The molecule has 0 aromatic heterocycles. The van der Waals surface area contributed by atoms with Crippen LogP contribution in [-0.2, 0) is 4.79 Å². The number of hydrogen-bond donors (Lipinski definition) is 1. The Balaban J connectivity index is 1.85. The maximum Gasteiger partial charge on any atom is 0.241 e. The number of amides is 1. The third kappa shape index (κ3) is 1.12. The highest BCUT2D eigenvalue weighted by molar-refractivity contribution is 5.87. The summed E-state index contributed by atoms with van der Waals surface area (Å²) >= 11 is 0. The van der Waals surface area contributed by atoms with Gasteiger partial charge in [-0.05, 0) is 24.7 Å². The van der Waals surface area contributed by atoms with Crippen LogP contribution in [-0.4, -0.2) is 29.9 Å². The van der Waals surface area contributed by atoms with Crippen molar-refractivity contribution in [3.8, 4) is 0 Å². The molecule has 68 valence electrons. The van der Waals surface area contributed by atoms with Crippen LogP contribution in [0.4, 0.5) is 0 Å². The molecule has 2 aliphatic rings. The van der Waals surface area contributed by atoms with Gasteiger partial charge in [0.05, 0.1) is 0 Å². The van der Waals surface area contributed by atoms with E-state index in [1.165, 1.54) is 19.3 Å². The Hall–Kier alpha value is -0.570. The van der Waals surface area contributed by atoms with E-state index in [4.69, 9.17) is 5.73 Å². The molecule has 1 aliphatic carbocycles. The van der Waals surface area contributed by atoms with Gasteiger partial charge < -0.3 is 10.6 Å². The SMILES string of the molecule is CCC1(CN2CC(N)C2=O)CC1. The maximum atomic E-state index is 11.2. The fraction of sp³-hybridized carbons (Fsp3) is 0.889. The van der Waals surface area contributed by atoms with E-state index in [0.29, 0.717) is 5.41 Å².